The number of tetrazole rings is 1. The summed E-state index contributed by atoms with van der Waals surface area (Å²) in [6.45, 7) is -0.143. The second-order valence-electron chi connectivity index (χ2n) is 3.49. The molecule has 100 valence electrons. The van der Waals surface area contributed by atoms with Crippen molar-refractivity contribution in [3.05, 3.63) is 35.7 Å². The van der Waals surface area contributed by atoms with Gasteiger partial charge in [-0.1, -0.05) is 11.3 Å². The highest BCUT2D eigenvalue weighted by atomic mass is 32.2. The number of carbonyl (C=O) groups is 1. The molecule has 19 heavy (non-hydrogen) atoms. The summed E-state index contributed by atoms with van der Waals surface area (Å²) in [6.07, 6.45) is 0. The third-order valence-corrected chi connectivity index (χ3v) is 3.60. The molecule has 0 atom stereocenters. The molecule has 1 heterocycles. The predicted octanol–water partition coefficient (Wildman–Crippen LogP) is -0.624. The van der Waals surface area contributed by atoms with Crippen LogP contribution >= 0.6 is 0 Å². The Hall–Kier alpha value is -2.33. The van der Waals surface area contributed by atoms with Gasteiger partial charge in [-0.25, -0.2) is 17.9 Å². The summed E-state index contributed by atoms with van der Waals surface area (Å²) < 4.78 is 26.1. The van der Waals surface area contributed by atoms with Gasteiger partial charge in [-0.05, 0) is 18.2 Å². The van der Waals surface area contributed by atoms with Crippen molar-refractivity contribution in [2.24, 2.45) is 0 Å². The van der Waals surface area contributed by atoms with Gasteiger partial charge in [0.15, 0.2) is 5.82 Å². The van der Waals surface area contributed by atoms with Gasteiger partial charge in [-0.3, -0.25) is 0 Å². The highest BCUT2D eigenvalue weighted by Crippen LogP contribution is 2.11. The molecule has 3 N–H and O–H groups in total. The van der Waals surface area contributed by atoms with Crippen molar-refractivity contribution in [2.45, 2.75) is 11.4 Å². The summed E-state index contributed by atoms with van der Waals surface area (Å²) in [6, 6.07) is 5.03. The molecule has 0 spiro atoms. The third kappa shape index (κ3) is 3.11. The topological polar surface area (TPSA) is 138 Å². The van der Waals surface area contributed by atoms with Crippen LogP contribution in [0.4, 0.5) is 0 Å². The molecule has 0 aliphatic rings. The quantitative estimate of drug-likeness (QED) is 0.664. The summed E-state index contributed by atoms with van der Waals surface area (Å²) in [5.74, 6) is -1.02. The van der Waals surface area contributed by atoms with E-state index in [1.807, 2.05) is 0 Å². The molecule has 0 saturated heterocycles. The molecule has 9 nitrogen and oxygen atoms in total. The second-order valence-corrected chi connectivity index (χ2v) is 5.25. The van der Waals surface area contributed by atoms with Crippen molar-refractivity contribution in [3.63, 3.8) is 0 Å². The van der Waals surface area contributed by atoms with Crippen LogP contribution in [0.2, 0.25) is 0 Å². The zero-order valence-corrected chi connectivity index (χ0v) is 10.3. The van der Waals surface area contributed by atoms with Crippen LogP contribution < -0.4 is 4.72 Å². The maximum absolute atomic E-state index is 11.9. The summed E-state index contributed by atoms with van der Waals surface area (Å²) in [7, 11) is -3.83. The fourth-order valence-electron chi connectivity index (χ4n) is 1.30. The number of aromatic carboxylic acids is 1. The number of carboxylic acid groups (broad SMARTS) is 1. The molecule has 0 fully saturated rings. The third-order valence-electron chi connectivity index (χ3n) is 2.20. The molecule has 0 saturated carbocycles. The van der Waals surface area contributed by atoms with Crippen molar-refractivity contribution in [3.8, 4) is 0 Å². The number of nitrogens with zero attached hydrogens (tertiary/aromatic N) is 3. The van der Waals surface area contributed by atoms with E-state index in [1.54, 1.807) is 0 Å². The number of hydrogen-bond acceptors (Lipinski definition) is 6. The molecule has 0 aliphatic carbocycles. The molecule has 2 aromatic rings. The van der Waals surface area contributed by atoms with E-state index in [0.717, 1.165) is 6.07 Å². The van der Waals surface area contributed by atoms with E-state index < -0.39 is 16.0 Å². The van der Waals surface area contributed by atoms with Crippen LogP contribution in [-0.2, 0) is 16.6 Å². The van der Waals surface area contributed by atoms with Crippen molar-refractivity contribution >= 4 is 16.0 Å². The number of H-pyrrole nitrogens is 1. The highest BCUT2D eigenvalue weighted by molar-refractivity contribution is 7.89. The standard InChI is InChI=1S/C9H9N5O4S/c15-9(16)6-2-1-3-7(4-6)19(17,18)10-5-8-11-13-14-12-8/h1-4,10H,5H2,(H,15,16)(H,11,12,13,14). The minimum atomic E-state index is -3.83. The number of aromatic amines is 1. The van der Waals surface area contributed by atoms with E-state index in [-0.39, 0.29) is 22.8 Å². The van der Waals surface area contributed by atoms with Crippen LogP contribution in [0.5, 0.6) is 0 Å². The monoisotopic (exact) mass is 283 g/mol. The number of benzene rings is 1. The van der Waals surface area contributed by atoms with Crippen molar-refractivity contribution in [2.75, 3.05) is 0 Å². The Kier molecular flexibility index (Phi) is 3.53. The van der Waals surface area contributed by atoms with E-state index in [9.17, 15) is 13.2 Å². The van der Waals surface area contributed by atoms with Crippen molar-refractivity contribution in [1.82, 2.24) is 25.3 Å². The van der Waals surface area contributed by atoms with Gasteiger partial charge < -0.3 is 5.11 Å². The largest absolute Gasteiger partial charge is 0.478 e. The molecular formula is C9H9N5O4S. The van der Waals surface area contributed by atoms with Crippen molar-refractivity contribution in [1.29, 1.82) is 0 Å². The molecular weight excluding hydrogens is 274 g/mol. The fraction of sp³-hybridized carbons (Fsp3) is 0.111. The van der Waals surface area contributed by atoms with Crippen LogP contribution in [0.15, 0.2) is 29.2 Å². The van der Waals surface area contributed by atoms with Crippen molar-refractivity contribution < 1.29 is 18.3 Å². The maximum atomic E-state index is 11.9. The molecule has 0 bridgehead atoms. The van der Waals surface area contributed by atoms with Crippen LogP contribution in [-0.4, -0.2) is 40.1 Å². The van der Waals surface area contributed by atoms with E-state index in [2.05, 4.69) is 25.3 Å². The van der Waals surface area contributed by atoms with E-state index in [4.69, 9.17) is 5.11 Å². The average molecular weight is 283 g/mol. The molecule has 0 unspecified atom stereocenters. The second kappa shape index (κ2) is 5.12. The number of carboxylic acids is 1. The first kappa shape index (κ1) is 13.1. The van der Waals surface area contributed by atoms with Crippen LogP contribution in [0.1, 0.15) is 16.2 Å². The molecule has 0 amide bonds. The summed E-state index contributed by atoms with van der Waals surface area (Å²) in [5.41, 5.74) is -0.109. The Labute approximate surface area is 107 Å². The predicted molar refractivity (Wildman–Crippen MR) is 61.6 cm³/mol. The highest BCUT2D eigenvalue weighted by Gasteiger charge is 2.16. The first-order valence-electron chi connectivity index (χ1n) is 5.04. The molecule has 0 radical (unpaired) electrons. The van der Waals surface area contributed by atoms with Crippen LogP contribution in [0, 0.1) is 0 Å². The SMILES string of the molecule is O=C(O)c1cccc(S(=O)(=O)NCc2nn[nH]n2)c1. The summed E-state index contributed by atoms with van der Waals surface area (Å²) in [5, 5.41) is 21.5. The zero-order chi connectivity index (χ0) is 13.9. The number of sulfonamides is 1. The lowest BCUT2D eigenvalue weighted by Crippen LogP contribution is -2.24. The van der Waals surface area contributed by atoms with Crippen LogP contribution in [0.25, 0.3) is 0 Å². The lowest BCUT2D eigenvalue weighted by Gasteiger charge is -2.05. The van der Waals surface area contributed by atoms with Crippen LogP contribution in [0.3, 0.4) is 0 Å². The molecule has 2 rings (SSSR count). The maximum Gasteiger partial charge on any atom is 0.335 e. The minimum absolute atomic E-state index is 0.109. The van der Waals surface area contributed by atoms with Gasteiger partial charge in [0.1, 0.15) is 0 Å². The lowest BCUT2D eigenvalue weighted by atomic mass is 10.2. The Morgan fingerprint density at radius 2 is 2.21 bits per heavy atom. The van der Waals surface area contributed by atoms with E-state index in [0.29, 0.717) is 0 Å². The fourth-order valence-corrected chi connectivity index (χ4v) is 2.32. The smallest absolute Gasteiger partial charge is 0.335 e. The molecule has 1 aromatic heterocycles. The average Bonchev–Trinajstić information content (AvgIpc) is 2.90. The Balaban J connectivity index is 2.19. The first-order chi connectivity index (χ1) is 8.99. The Morgan fingerprint density at radius 1 is 1.42 bits per heavy atom. The summed E-state index contributed by atoms with van der Waals surface area (Å²) >= 11 is 0. The Bertz CT molecular complexity index is 682. The Morgan fingerprint density at radius 3 is 2.84 bits per heavy atom. The zero-order valence-electron chi connectivity index (χ0n) is 9.44. The van der Waals surface area contributed by atoms with E-state index in [1.165, 1.54) is 18.2 Å². The lowest BCUT2D eigenvalue weighted by molar-refractivity contribution is 0.0696. The molecule has 10 heteroatoms. The number of rotatable bonds is 5. The van der Waals surface area contributed by atoms with Gasteiger partial charge in [0.2, 0.25) is 10.0 Å². The number of nitrogens with one attached hydrogen (secondary N) is 2. The minimum Gasteiger partial charge on any atom is -0.478 e. The van der Waals surface area contributed by atoms with Gasteiger partial charge in [-0.2, -0.15) is 5.21 Å². The van der Waals surface area contributed by atoms with Gasteiger partial charge in [-0.15, -0.1) is 10.2 Å². The van der Waals surface area contributed by atoms with E-state index >= 15 is 0 Å². The normalized spacial score (nSPS) is 11.4. The molecule has 0 aliphatic heterocycles. The summed E-state index contributed by atoms with van der Waals surface area (Å²) in [4.78, 5) is 10.6. The number of aromatic nitrogens is 4. The van der Waals surface area contributed by atoms with Gasteiger partial charge in [0.25, 0.3) is 0 Å². The van der Waals surface area contributed by atoms with Gasteiger partial charge >= 0.3 is 5.97 Å². The number of hydrogen-bond donors (Lipinski definition) is 3. The molecule has 1 aromatic carbocycles. The van der Waals surface area contributed by atoms with Gasteiger partial charge in [0, 0.05) is 0 Å². The van der Waals surface area contributed by atoms with Gasteiger partial charge in [0.05, 0.1) is 17.0 Å². The first-order valence-corrected chi connectivity index (χ1v) is 6.53.